The molecule has 0 aliphatic carbocycles. The number of fused-ring (bicyclic) bond motifs is 1. The highest BCUT2D eigenvalue weighted by molar-refractivity contribution is 7.15. The van der Waals surface area contributed by atoms with E-state index in [0.29, 0.717) is 18.3 Å². The summed E-state index contributed by atoms with van der Waals surface area (Å²) in [6.45, 7) is 4.75. The Morgan fingerprint density at radius 3 is 3.08 bits per heavy atom. The van der Waals surface area contributed by atoms with Gasteiger partial charge in [0.2, 0.25) is 0 Å². The van der Waals surface area contributed by atoms with Crippen LogP contribution in [-0.4, -0.2) is 48.1 Å². The van der Waals surface area contributed by atoms with Gasteiger partial charge in [0, 0.05) is 44.0 Å². The second kappa shape index (κ2) is 7.61. The zero-order valence-electron chi connectivity index (χ0n) is 14.0. The molecule has 2 aliphatic rings. The van der Waals surface area contributed by atoms with E-state index in [1.165, 1.54) is 10.4 Å². The van der Waals surface area contributed by atoms with Crippen molar-refractivity contribution in [1.29, 1.82) is 0 Å². The third-order valence-corrected chi connectivity index (χ3v) is 5.51. The van der Waals surface area contributed by atoms with Gasteiger partial charge in [-0.05, 0) is 5.56 Å². The Kier molecular flexibility index (Phi) is 5.07. The third-order valence-electron chi connectivity index (χ3n) is 4.51. The lowest BCUT2D eigenvalue weighted by atomic mass is 10.1. The number of carbonyl (C=O) groups excluding carboxylic acids is 1. The van der Waals surface area contributed by atoms with Crippen LogP contribution < -0.4 is 10.6 Å². The first-order valence-electron chi connectivity index (χ1n) is 8.66. The largest absolute Gasteiger partial charge is 0.366 e. The number of nitrogens with zero attached hydrogens (tertiary/aromatic N) is 2. The lowest BCUT2D eigenvalue weighted by Crippen LogP contribution is -2.45. The molecule has 6 nitrogen and oxygen atoms in total. The van der Waals surface area contributed by atoms with Crippen LogP contribution in [0.5, 0.6) is 0 Å². The second-order valence-electron chi connectivity index (χ2n) is 6.39. The Morgan fingerprint density at radius 1 is 1.40 bits per heavy atom. The Bertz CT molecular complexity index is 728. The smallest absolute Gasteiger partial charge is 0.256 e. The van der Waals surface area contributed by atoms with E-state index in [9.17, 15) is 4.79 Å². The number of aromatic nitrogens is 1. The molecule has 1 saturated heterocycles. The number of nitrogens with one attached hydrogen (secondary N) is 2. The van der Waals surface area contributed by atoms with Crippen molar-refractivity contribution in [1.82, 2.24) is 15.2 Å². The summed E-state index contributed by atoms with van der Waals surface area (Å²) in [7, 11) is 0. The molecule has 0 radical (unpaired) electrons. The van der Waals surface area contributed by atoms with Crippen molar-refractivity contribution >= 4 is 22.4 Å². The molecule has 0 saturated carbocycles. The number of carbonyl (C=O) groups is 1. The van der Waals surface area contributed by atoms with Crippen molar-refractivity contribution in [2.75, 3.05) is 31.6 Å². The molecule has 3 heterocycles. The van der Waals surface area contributed by atoms with Crippen molar-refractivity contribution in [2.24, 2.45) is 0 Å². The molecular formula is C18H22N4O2S. The van der Waals surface area contributed by atoms with E-state index in [2.05, 4.69) is 44.8 Å². The normalized spacial score (nSPS) is 20.9. The number of anilines is 1. The summed E-state index contributed by atoms with van der Waals surface area (Å²) in [5.74, 6) is -0.112. The SMILES string of the molecule is O=C(Nc1nc2c(s1)CN(Cc1ccccc1)CC2)C1CNCCO1. The fourth-order valence-corrected chi connectivity index (χ4v) is 4.25. The molecule has 1 unspecified atom stereocenters. The fraction of sp³-hybridized carbons (Fsp3) is 0.444. The van der Waals surface area contributed by atoms with Crippen molar-refractivity contribution < 1.29 is 9.53 Å². The van der Waals surface area contributed by atoms with Crippen LogP contribution in [0.2, 0.25) is 0 Å². The van der Waals surface area contributed by atoms with Gasteiger partial charge in [-0.25, -0.2) is 4.98 Å². The predicted octanol–water partition coefficient (Wildman–Crippen LogP) is 1.63. The molecule has 1 atom stereocenters. The lowest BCUT2D eigenvalue weighted by Gasteiger charge is -2.25. The first-order chi connectivity index (χ1) is 12.3. The highest BCUT2D eigenvalue weighted by Gasteiger charge is 2.25. The zero-order chi connectivity index (χ0) is 17.1. The Morgan fingerprint density at radius 2 is 2.28 bits per heavy atom. The van der Waals surface area contributed by atoms with Crippen LogP contribution in [0, 0.1) is 0 Å². The van der Waals surface area contributed by atoms with Crippen LogP contribution in [0.15, 0.2) is 30.3 Å². The summed E-state index contributed by atoms with van der Waals surface area (Å²) in [5, 5.41) is 6.77. The van der Waals surface area contributed by atoms with E-state index >= 15 is 0 Å². The van der Waals surface area contributed by atoms with Gasteiger partial charge in [-0.15, -0.1) is 11.3 Å². The van der Waals surface area contributed by atoms with E-state index in [0.717, 1.165) is 38.3 Å². The summed E-state index contributed by atoms with van der Waals surface area (Å²) >= 11 is 1.58. The maximum atomic E-state index is 12.3. The van der Waals surface area contributed by atoms with Gasteiger partial charge < -0.3 is 10.1 Å². The minimum atomic E-state index is -0.427. The maximum absolute atomic E-state index is 12.3. The molecular weight excluding hydrogens is 336 g/mol. The number of benzene rings is 1. The molecule has 1 fully saturated rings. The third kappa shape index (κ3) is 4.07. The van der Waals surface area contributed by atoms with Crippen LogP contribution in [-0.2, 0) is 29.0 Å². The number of hydrogen-bond donors (Lipinski definition) is 2. The van der Waals surface area contributed by atoms with Gasteiger partial charge in [-0.2, -0.15) is 0 Å². The molecule has 132 valence electrons. The topological polar surface area (TPSA) is 66.5 Å². The van der Waals surface area contributed by atoms with Crippen LogP contribution in [0.4, 0.5) is 5.13 Å². The van der Waals surface area contributed by atoms with Crippen LogP contribution in [0.1, 0.15) is 16.1 Å². The van der Waals surface area contributed by atoms with Gasteiger partial charge in [0.1, 0.15) is 6.10 Å². The van der Waals surface area contributed by atoms with E-state index in [4.69, 9.17) is 4.74 Å². The Balaban J connectivity index is 1.38. The molecule has 25 heavy (non-hydrogen) atoms. The average Bonchev–Trinajstić information content (AvgIpc) is 3.05. The molecule has 2 aromatic rings. The summed E-state index contributed by atoms with van der Waals surface area (Å²) in [6, 6.07) is 10.5. The number of ether oxygens (including phenoxy) is 1. The minimum Gasteiger partial charge on any atom is -0.366 e. The van der Waals surface area contributed by atoms with Gasteiger partial charge in [0.05, 0.1) is 12.3 Å². The summed E-state index contributed by atoms with van der Waals surface area (Å²) in [5.41, 5.74) is 2.44. The van der Waals surface area contributed by atoms with Gasteiger partial charge >= 0.3 is 0 Å². The van der Waals surface area contributed by atoms with Gasteiger partial charge in [0.15, 0.2) is 5.13 Å². The number of hydrogen-bond acceptors (Lipinski definition) is 6. The maximum Gasteiger partial charge on any atom is 0.256 e. The van der Waals surface area contributed by atoms with Crippen molar-refractivity contribution in [3.8, 4) is 0 Å². The van der Waals surface area contributed by atoms with Crippen LogP contribution in [0.3, 0.4) is 0 Å². The molecule has 1 aromatic heterocycles. The van der Waals surface area contributed by atoms with E-state index in [1.807, 2.05) is 6.07 Å². The highest BCUT2D eigenvalue weighted by atomic mass is 32.1. The molecule has 2 aliphatic heterocycles. The monoisotopic (exact) mass is 358 g/mol. The molecule has 0 bridgehead atoms. The summed E-state index contributed by atoms with van der Waals surface area (Å²) < 4.78 is 5.49. The van der Waals surface area contributed by atoms with E-state index in [1.54, 1.807) is 11.3 Å². The zero-order valence-corrected chi connectivity index (χ0v) is 14.8. The molecule has 2 N–H and O–H groups in total. The van der Waals surface area contributed by atoms with E-state index < -0.39 is 6.10 Å². The molecule has 7 heteroatoms. The highest BCUT2D eigenvalue weighted by Crippen LogP contribution is 2.29. The van der Waals surface area contributed by atoms with Gasteiger partial charge in [0.25, 0.3) is 5.91 Å². The first-order valence-corrected chi connectivity index (χ1v) is 9.47. The minimum absolute atomic E-state index is 0.112. The summed E-state index contributed by atoms with van der Waals surface area (Å²) in [6.07, 6.45) is 0.500. The van der Waals surface area contributed by atoms with Crippen LogP contribution >= 0.6 is 11.3 Å². The molecule has 1 amide bonds. The van der Waals surface area contributed by atoms with E-state index in [-0.39, 0.29) is 5.91 Å². The lowest BCUT2D eigenvalue weighted by molar-refractivity contribution is -0.128. The number of morpholine rings is 1. The van der Waals surface area contributed by atoms with Gasteiger partial charge in [-0.1, -0.05) is 30.3 Å². The Hall–Kier alpha value is -1.80. The quantitative estimate of drug-likeness (QED) is 0.870. The average molecular weight is 358 g/mol. The van der Waals surface area contributed by atoms with Crippen molar-refractivity contribution in [3.05, 3.63) is 46.5 Å². The number of thiazole rings is 1. The second-order valence-corrected chi connectivity index (χ2v) is 7.47. The predicted molar refractivity (Wildman–Crippen MR) is 97.6 cm³/mol. The first kappa shape index (κ1) is 16.7. The number of rotatable bonds is 4. The molecule has 1 aromatic carbocycles. The standard InChI is InChI=1S/C18H22N4O2S/c23-17(15-10-19-7-9-24-15)21-18-20-14-6-8-22(12-16(14)25-18)11-13-4-2-1-3-5-13/h1-5,15,19H,6-12H2,(H,20,21,23). The van der Waals surface area contributed by atoms with Gasteiger partial charge in [-0.3, -0.25) is 15.0 Å². The fourth-order valence-electron chi connectivity index (χ4n) is 3.20. The van der Waals surface area contributed by atoms with Crippen LogP contribution in [0.25, 0.3) is 0 Å². The number of amides is 1. The summed E-state index contributed by atoms with van der Waals surface area (Å²) in [4.78, 5) is 20.6. The Labute approximate surface area is 151 Å². The van der Waals surface area contributed by atoms with Crippen molar-refractivity contribution in [3.63, 3.8) is 0 Å². The molecule has 4 rings (SSSR count). The molecule has 0 spiro atoms. The van der Waals surface area contributed by atoms with Crippen molar-refractivity contribution in [2.45, 2.75) is 25.6 Å².